The second-order valence-corrected chi connectivity index (χ2v) is 8.09. The van der Waals surface area contributed by atoms with Crippen molar-refractivity contribution >= 4 is 11.8 Å². The van der Waals surface area contributed by atoms with Crippen LogP contribution in [0.15, 0.2) is 24.5 Å². The number of thioether (sulfide) groups is 1. The van der Waals surface area contributed by atoms with E-state index in [0.29, 0.717) is 10.9 Å². The average Bonchev–Trinajstić information content (AvgIpc) is 3.17. The van der Waals surface area contributed by atoms with Gasteiger partial charge >= 0.3 is 0 Å². The average molecular weight is 290 g/mol. The van der Waals surface area contributed by atoms with Crippen molar-refractivity contribution in [2.75, 3.05) is 25.4 Å². The van der Waals surface area contributed by atoms with Gasteiger partial charge in [0, 0.05) is 49.1 Å². The molecule has 3 fully saturated rings. The number of rotatable bonds is 5. The molecule has 2 saturated heterocycles. The molecule has 1 aromatic rings. The van der Waals surface area contributed by atoms with E-state index in [1.165, 1.54) is 43.7 Å². The molecule has 1 spiro atoms. The van der Waals surface area contributed by atoms with Crippen LogP contribution in [0, 0.1) is 5.92 Å². The van der Waals surface area contributed by atoms with Crippen molar-refractivity contribution < 1.29 is 4.74 Å². The minimum Gasteiger partial charge on any atom is -0.377 e. The predicted octanol–water partition coefficient (Wildman–Crippen LogP) is 2.57. The van der Waals surface area contributed by atoms with Crippen LogP contribution in [0.5, 0.6) is 0 Å². The predicted molar refractivity (Wildman–Crippen MR) is 81.8 cm³/mol. The zero-order chi connectivity index (χ0) is 13.4. The molecule has 1 aromatic heterocycles. The van der Waals surface area contributed by atoms with Gasteiger partial charge in [0.25, 0.3) is 0 Å². The van der Waals surface area contributed by atoms with E-state index in [4.69, 9.17) is 4.74 Å². The van der Waals surface area contributed by atoms with E-state index in [1.54, 1.807) is 0 Å². The Hall–Kier alpha value is -0.580. The lowest BCUT2D eigenvalue weighted by Gasteiger charge is -2.47. The van der Waals surface area contributed by atoms with E-state index < -0.39 is 0 Å². The molecule has 0 amide bonds. The summed E-state index contributed by atoms with van der Waals surface area (Å²) in [7, 11) is 0. The highest BCUT2D eigenvalue weighted by Crippen LogP contribution is 2.46. The Labute approximate surface area is 125 Å². The molecule has 0 bridgehead atoms. The Morgan fingerprint density at radius 3 is 3.05 bits per heavy atom. The molecule has 108 valence electrons. The highest BCUT2D eigenvalue weighted by atomic mass is 32.2. The van der Waals surface area contributed by atoms with Crippen molar-refractivity contribution in [2.24, 2.45) is 5.92 Å². The van der Waals surface area contributed by atoms with E-state index in [1.807, 2.05) is 18.5 Å². The largest absolute Gasteiger partial charge is 0.377 e. The molecule has 0 radical (unpaired) electrons. The molecule has 3 heterocycles. The topological polar surface area (TPSA) is 25.4 Å². The summed E-state index contributed by atoms with van der Waals surface area (Å²) in [6.07, 6.45) is 8.38. The maximum atomic E-state index is 6.06. The van der Waals surface area contributed by atoms with Gasteiger partial charge in [-0.3, -0.25) is 9.88 Å². The van der Waals surface area contributed by atoms with Crippen molar-refractivity contribution in [3.63, 3.8) is 0 Å². The summed E-state index contributed by atoms with van der Waals surface area (Å²) in [5.74, 6) is 2.09. The summed E-state index contributed by atoms with van der Waals surface area (Å²) < 4.78 is 6.56. The molecule has 4 rings (SSSR count). The molecular formula is C16H22N2OS. The molecule has 0 N–H and O–H groups in total. The summed E-state index contributed by atoms with van der Waals surface area (Å²) in [5.41, 5.74) is 1.33. The first-order chi connectivity index (χ1) is 9.81. The number of likely N-dealkylation sites (tertiary alicyclic amines) is 1. The molecule has 2 aliphatic heterocycles. The smallest absolute Gasteiger partial charge is 0.0680 e. The minimum atomic E-state index is 0.496. The van der Waals surface area contributed by atoms with Crippen LogP contribution in [-0.4, -0.2) is 46.2 Å². The standard InChI is InChI=1S/C16H22N2OS/c1-2-14(7-17-5-1)8-18-11-16(12-18)6-15(10-20-16)19-9-13-3-4-13/h1-2,5,7,13,15H,3-4,6,8-12H2/t15-/m0/s1. The van der Waals surface area contributed by atoms with Crippen LogP contribution in [0.4, 0.5) is 0 Å². The molecule has 20 heavy (non-hydrogen) atoms. The summed E-state index contributed by atoms with van der Waals surface area (Å²) in [5, 5.41) is 0. The van der Waals surface area contributed by atoms with Gasteiger partial charge in [0.15, 0.2) is 0 Å². The van der Waals surface area contributed by atoms with Crippen molar-refractivity contribution in [1.82, 2.24) is 9.88 Å². The van der Waals surface area contributed by atoms with Crippen LogP contribution in [0.1, 0.15) is 24.8 Å². The van der Waals surface area contributed by atoms with Crippen molar-refractivity contribution in [3.05, 3.63) is 30.1 Å². The number of pyridine rings is 1. The van der Waals surface area contributed by atoms with E-state index in [2.05, 4.69) is 27.7 Å². The normalized spacial score (nSPS) is 28.7. The third-order valence-corrected chi connectivity index (χ3v) is 6.17. The lowest BCUT2D eigenvalue weighted by Crippen LogP contribution is -2.58. The monoisotopic (exact) mass is 290 g/mol. The molecular weight excluding hydrogens is 268 g/mol. The van der Waals surface area contributed by atoms with Gasteiger partial charge in [-0.1, -0.05) is 6.07 Å². The number of aromatic nitrogens is 1. The summed E-state index contributed by atoms with van der Waals surface area (Å²) in [6, 6.07) is 4.19. The number of nitrogens with zero attached hydrogens (tertiary/aromatic N) is 2. The third kappa shape index (κ3) is 2.87. The van der Waals surface area contributed by atoms with E-state index >= 15 is 0 Å². The third-order valence-electron chi connectivity index (χ3n) is 4.59. The van der Waals surface area contributed by atoms with Gasteiger partial charge in [0.1, 0.15) is 0 Å². The second-order valence-electron chi connectivity index (χ2n) is 6.60. The maximum absolute atomic E-state index is 6.06. The lowest BCUT2D eigenvalue weighted by molar-refractivity contribution is 0.0305. The van der Waals surface area contributed by atoms with Gasteiger partial charge in [-0.25, -0.2) is 0 Å². The highest BCUT2D eigenvalue weighted by molar-refractivity contribution is 8.01. The fraction of sp³-hybridized carbons (Fsp3) is 0.688. The van der Waals surface area contributed by atoms with Gasteiger partial charge in [-0.05, 0) is 36.8 Å². The van der Waals surface area contributed by atoms with Crippen molar-refractivity contribution in [2.45, 2.75) is 36.7 Å². The van der Waals surface area contributed by atoms with Gasteiger partial charge < -0.3 is 4.74 Å². The zero-order valence-electron chi connectivity index (χ0n) is 11.8. The van der Waals surface area contributed by atoms with Crippen molar-refractivity contribution in [3.8, 4) is 0 Å². The Kier molecular flexibility index (Phi) is 3.49. The molecule has 3 nitrogen and oxygen atoms in total. The SMILES string of the molecule is c1cncc(CN2CC3(C[C@H](OCC4CC4)CS3)C2)c1. The second kappa shape index (κ2) is 5.32. The molecule has 1 aliphatic carbocycles. The fourth-order valence-electron chi connectivity index (χ4n) is 3.32. The van der Waals surface area contributed by atoms with E-state index in [9.17, 15) is 0 Å². The lowest BCUT2D eigenvalue weighted by atomic mass is 9.92. The summed E-state index contributed by atoms with van der Waals surface area (Å²) in [4.78, 5) is 6.73. The minimum absolute atomic E-state index is 0.496. The summed E-state index contributed by atoms with van der Waals surface area (Å²) >= 11 is 2.14. The van der Waals surface area contributed by atoms with Crippen LogP contribution >= 0.6 is 11.8 Å². The van der Waals surface area contributed by atoms with Gasteiger partial charge in [0.2, 0.25) is 0 Å². The number of hydrogen-bond donors (Lipinski definition) is 0. The van der Waals surface area contributed by atoms with Crippen LogP contribution < -0.4 is 0 Å². The molecule has 0 aromatic carbocycles. The van der Waals surface area contributed by atoms with Gasteiger partial charge in [-0.15, -0.1) is 11.8 Å². The Morgan fingerprint density at radius 1 is 1.40 bits per heavy atom. The Morgan fingerprint density at radius 2 is 2.30 bits per heavy atom. The first-order valence-electron chi connectivity index (χ1n) is 7.68. The molecule has 1 saturated carbocycles. The van der Waals surface area contributed by atoms with Crippen LogP contribution in [0.25, 0.3) is 0 Å². The summed E-state index contributed by atoms with van der Waals surface area (Å²) in [6.45, 7) is 4.50. The zero-order valence-corrected chi connectivity index (χ0v) is 12.6. The first kappa shape index (κ1) is 13.1. The first-order valence-corrected chi connectivity index (χ1v) is 8.67. The molecule has 0 unspecified atom stereocenters. The van der Waals surface area contributed by atoms with Gasteiger partial charge in [0.05, 0.1) is 6.10 Å². The Bertz CT molecular complexity index is 457. The van der Waals surface area contributed by atoms with Crippen molar-refractivity contribution in [1.29, 1.82) is 0 Å². The van der Waals surface area contributed by atoms with E-state index in [-0.39, 0.29) is 0 Å². The highest BCUT2D eigenvalue weighted by Gasteiger charge is 2.49. The molecule has 3 aliphatic rings. The molecule has 4 heteroatoms. The van der Waals surface area contributed by atoms with Crippen LogP contribution in [0.2, 0.25) is 0 Å². The quantitative estimate of drug-likeness (QED) is 0.832. The Balaban J connectivity index is 1.23. The van der Waals surface area contributed by atoms with E-state index in [0.717, 1.165) is 19.1 Å². The number of ether oxygens (including phenoxy) is 1. The van der Waals surface area contributed by atoms with Crippen LogP contribution in [-0.2, 0) is 11.3 Å². The van der Waals surface area contributed by atoms with Gasteiger partial charge in [-0.2, -0.15) is 0 Å². The molecule has 1 atom stereocenters. The fourth-order valence-corrected chi connectivity index (χ4v) is 4.92. The number of hydrogen-bond acceptors (Lipinski definition) is 4. The maximum Gasteiger partial charge on any atom is 0.0680 e. The van der Waals surface area contributed by atoms with Crippen LogP contribution in [0.3, 0.4) is 0 Å².